The van der Waals surface area contributed by atoms with Gasteiger partial charge in [-0.05, 0) is 13.0 Å². The van der Waals surface area contributed by atoms with Gasteiger partial charge in [-0.15, -0.1) is 0 Å². The molecule has 1 saturated heterocycles. The molecule has 84 valence electrons. The third kappa shape index (κ3) is 3.45. The first-order valence-electron chi connectivity index (χ1n) is 4.16. The third-order valence-corrected chi connectivity index (χ3v) is 3.83. The van der Waals surface area contributed by atoms with Gasteiger partial charge in [-0.25, -0.2) is 8.42 Å². The summed E-state index contributed by atoms with van der Waals surface area (Å²) >= 11 is 0. The molecule has 1 fully saturated rings. The first-order valence-corrected chi connectivity index (χ1v) is 6.12. The van der Waals surface area contributed by atoms with Gasteiger partial charge in [-0.3, -0.25) is 4.90 Å². The Morgan fingerprint density at radius 2 is 2.00 bits per heavy atom. The van der Waals surface area contributed by atoms with E-state index in [1.807, 2.05) is 0 Å². The molecule has 1 heterocycles. The maximum absolute atomic E-state index is 11.9. The quantitative estimate of drug-likeness (QED) is 0.701. The van der Waals surface area contributed by atoms with Crippen molar-refractivity contribution in [2.75, 3.05) is 25.9 Å². The molecule has 1 aliphatic heterocycles. The second-order valence-electron chi connectivity index (χ2n) is 3.59. The second-order valence-corrected chi connectivity index (χ2v) is 5.92. The molecule has 1 aliphatic rings. The molecule has 0 aliphatic carbocycles. The van der Waals surface area contributed by atoms with Crippen LogP contribution in [0.5, 0.6) is 0 Å². The molecule has 1 atom stereocenters. The van der Waals surface area contributed by atoms with Crippen LogP contribution in [0.15, 0.2) is 0 Å². The summed E-state index contributed by atoms with van der Waals surface area (Å²) in [4.78, 5) is 1.13. The fourth-order valence-electron chi connectivity index (χ4n) is 1.54. The summed E-state index contributed by atoms with van der Waals surface area (Å²) in [6.45, 7) is -0.811. The van der Waals surface area contributed by atoms with E-state index in [0.717, 1.165) is 11.2 Å². The normalized spacial score (nSPS) is 25.6. The zero-order valence-corrected chi connectivity index (χ0v) is 8.53. The first kappa shape index (κ1) is 11.8. The lowest BCUT2D eigenvalue weighted by Gasteiger charge is -2.17. The van der Waals surface area contributed by atoms with Gasteiger partial charge in [0.15, 0.2) is 9.84 Å². The topological polar surface area (TPSA) is 37.4 Å². The van der Waals surface area contributed by atoms with Crippen molar-refractivity contribution in [1.29, 1.82) is 0 Å². The first-order chi connectivity index (χ1) is 6.18. The van der Waals surface area contributed by atoms with Crippen molar-refractivity contribution in [2.45, 2.75) is 17.8 Å². The highest BCUT2D eigenvalue weighted by Gasteiger charge is 2.37. The van der Waals surface area contributed by atoms with Crippen LogP contribution in [0, 0.1) is 0 Å². The van der Waals surface area contributed by atoms with E-state index in [4.69, 9.17) is 0 Å². The number of hydrogen-bond donors (Lipinski definition) is 0. The molecular formula is C7H12F3NO2S. The smallest absolute Gasteiger partial charge is 0.294 e. The molecular weight excluding hydrogens is 219 g/mol. The number of nitrogens with zero attached hydrogens (tertiary/aromatic N) is 1. The van der Waals surface area contributed by atoms with Crippen molar-refractivity contribution in [1.82, 2.24) is 4.90 Å². The van der Waals surface area contributed by atoms with Gasteiger partial charge in [0, 0.05) is 12.8 Å². The molecule has 0 saturated carbocycles. The van der Waals surface area contributed by atoms with Crippen molar-refractivity contribution in [3.05, 3.63) is 0 Å². The predicted octanol–water partition coefficient (Wildman–Crippen LogP) is 0.668. The second kappa shape index (κ2) is 3.69. The standard InChI is InChI=1S/C7H12F3NO2S/c1-14(12,13)6-2-3-11(4-6)5-7(8,9)10/h6H,2-5H2,1H3. The minimum Gasteiger partial charge on any atom is -0.294 e. The molecule has 0 amide bonds. The maximum Gasteiger partial charge on any atom is 0.401 e. The van der Waals surface area contributed by atoms with Crippen LogP contribution >= 0.6 is 0 Å². The number of rotatable bonds is 2. The Bertz CT molecular complexity index is 299. The van der Waals surface area contributed by atoms with Crippen LogP contribution in [0.1, 0.15) is 6.42 Å². The fourth-order valence-corrected chi connectivity index (χ4v) is 2.56. The lowest BCUT2D eigenvalue weighted by atomic mass is 10.4. The Hall–Kier alpha value is -0.300. The molecule has 7 heteroatoms. The van der Waals surface area contributed by atoms with Crippen LogP contribution < -0.4 is 0 Å². The van der Waals surface area contributed by atoms with Crippen molar-refractivity contribution in [2.24, 2.45) is 0 Å². The molecule has 0 N–H and O–H groups in total. The van der Waals surface area contributed by atoms with Crippen LogP contribution in [0.4, 0.5) is 13.2 Å². The minimum atomic E-state index is -4.24. The summed E-state index contributed by atoms with van der Waals surface area (Å²) in [7, 11) is -3.20. The molecule has 14 heavy (non-hydrogen) atoms. The number of sulfone groups is 1. The van der Waals surface area contributed by atoms with E-state index in [2.05, 4.69) is 0 Å². The number of hydrogen-bond acceptors (Lipinski definition) is 3. The Labute approximate surface area is 80.8 Å². The van der Waals surface area contributed by atoms with E-state index >= 15 is 0 Å². The molecule has 3 nitrogen and oxygen atoms in total. The molecule has 1 rings (SSSR count). The van der Waals surface area contributed by atoms with E-state index < -0.39 is 27.8 Å². The Balaban J connectivity index is 2.51. The third-order valence-electron chi connectivity index (χ3n) is 2.24. The van der Waals surface area contributed by atoms with Crippen LogP contribution in [0.2, 0.25) is 0 Å². The molecule has 0 bridgehead atoms. The number of likely N-dealkylation sites (tertiary alicyclic amines) is 1. The average molecular weight is 231 g/mol. The zero-order chi connectivity index (χ0) is 11.0. The highest BCUT2D eigenvalue weighted by Crippen LogP contribution is 2.22. The van der Waals surface area contributed by atoms with E-state index in [9.17, 15) is 21.6 Å². The van der Waals surface area contributed by atoms with Crippen LogP contribution in [0.25, 0.3) is 0 Å². The van der Waals surface area contributed by atoms with Gasteiger partial charge in [0.05, 0.1) is 11.8 Å². The molecule has 0 spiro atoms. The largest absolute Gasteiger partial charge is 0.401 e. The van der Waals surface area contributed by atoms with E-state index in [0.29, 0.717) is 6.42 Å². The summed E-state index contributed by atoms with van der Waals surface area (Å²) in [6, 6.07) is 0. The van der Waals surface area contributed by atoms with Gasteiger partial charge in [0.25, 0.3) is 0 Å². The Morgan fingerprint density at radius 3 is 2.36 bits per heavy atom. The molecule has 0 aromatic rings. The lowest BCUT2D eigenvalue weighted by Crippen LogP contribution is -2.34. The van der Waals surface area contributed by atoms with Crippen LogP contribution in [-0.2, 0) is 9.84 Å². The van der Waals surface area contributed by atoms with Gasteiger partial charge >= 0.3 is 6.18 Å². The molecule has 0 radical (unpaired) electrons. The Morgan fingerprint density at radius 1 is 1.43 bits per heavy atom. The van der Waals surface area contributed by atoms with Gasteiger partial charge in [-0.1, -0.05) is 0 Å². The SMILES string of the molecule is CS(=O)(=O)C1CCN(CC(F)(F)F)C1. The van der Waals surface area contributed by atoms with E-state index in [-0.39, 0.29) is 13.1 Å². The van der Waals surface area contributed by atoms with Crippen molar-refractivity contribution in [3.8, 4) is 0 Å². The average Bonchev–Trinajstić information content (AvgIpc) is 2.29. The van der Waals surface area contributed by atoms with Crippen molar-refractivity contribution in [3.63, 3.8) is 0 Å². The van der Waals surface area contributed by atoms with E-state index in [1.165, 1.54) is 0 Å². The van der Waals surface area contributed by atoms with Gasteiger partial charge in [-0.2, -0.15) is 13.2 Å². The summed E-state index contributed by atoms with van der Waals surface area (Å²) in [5.41, 5.74) is 0. The van der Waals surface area contributed by atoms with Gasteiger partial charge in [0.1, 0.15) is 0 Å². The van der Waals surface area contributed by atoms with Crippen molar-refractivity contribution < 1.29 is 21.6 Å². The Kier molecular flexibility index (Phi) is 3.10. The summed E-state index contributed by atoms with van der Waals surface area (Å²) in [5, 5.41) is -0.634. The van der Waals surface area contributed by atoms with Gasteiger partial charge < -0.3 is 0 Å². The summed E-state index contributed by atoms with van der Waals surface area (Å²) < 4.78 is 57.9. The monoisotopic (exact) mass is 231 g/mol. The maximum atomic E-state index is 11.9. The summed E-state index contributed by atoms with van der Waals surface area (Å²) in [6.07, 6.45) is -2.88. The highest BCUT2D eigenvalue weighted by molar-refractivity contribution is 7.91. The highest BCUT2D eigenvalue weighted by atomic mass is 32.2. The molecule has 0 aromatic heterocycles. The van der Waals surface area contributed by atoms with Gasteiger partial charge in [0.2, 0.25) is 0 Å². The fraction of sp³-hybridized carbons (Fsp3) is 1.00. The predicted molar refractivity (Wildman–Crippen MR) is 45.7 cm³/mol. The molecule has 0 aromatic carbocycles. The molecule has 1 unspecified atom stereocenters. The zero-order valence-electron chi connectivity index (χ0n) is 7.71. The number of alkyl halides is 3. The van der Waals surface area contributed by atoms with Crippen LogP contribution in [-0.4, -0.2) is 50.6 Å². The minimum absolute atomic E-state index is 0.00164. The summed E-state index contributed by atoms with van der Waals surface area (Å²) in [5.74, 6) is 0. The van der Waals surface area contributed by atoms with Crippen molar-refractivity contribution >= 4 is 9.84 Å². The lowest BCUT2D eigenvalue weighted by molar-refractivity contribution is -0.143. The van der Waals surface area contributed by atoms with E-state index in [1.54, 1.807) is 0 Å². The number of halogens is 3. The van der Waals surface area contributed by atoms with Crippen LogP contribution in [0.3, 0.4) is 0 Å².